The van der Waals surface area contributed by atoms with Gasteiger partial charge in [-0.2, -0.15) is 0 Å². The molecule has 0 aliphatic heterocycles. The maximum atomic E-state index is 2.51. The highest BCUT2D eigenvalue weighted by atomic mass is 32.1. The zero-order valence-electron chi connectivity index (χ0n) is 30.5. The van der Waals surface area contributed by atoms with E-state index in [1.165, 1.54) is 109 Å². The summed E-state index contributed by atoms with van der Waals surface area (Å²) >= 11 is 1.91. The zero-order valence-corrected chi connectivity index (χ0v) is 31.3. The number of thiophene rings is 1. The van der Waals surface area contributed by atoms with Crippen LogP contribution in [0.4, 0.5) is 0 Å². The maximum Gasteiger partial charge on any atom is 0.109 e. The van der Waals surface area contributed by atoms with Crippen LogP contribution in [0.2, 0.25) is 0 Å². The molecule has 3 heteroatoms. The Labute approximate surface area is 328 Å². The Morgan fingerprint density at radius 1 is 0.357 bits per heavy atom. The van der Waals surface area contributed by atoms with Gasteiger partial charge in [0.1, 0.15) is 5.00 Å². The first-order valence-corrected chi connectivity index (χ1v) is 20.1. The third kappa shape index (κ3) is 4.62. The van der Waals surface area contributed by atoms with E-state index in [1.54, 1.807) is 0 Å². The van der Waals surface area contributed by atoms with Crippen LogP contribution in [0.1, 0.15) is 11.1 Å². The molecule has 0 bridgehead atoms. The number of hydrogen-bond donors (Lipinski definition) is 0. The highest BCUT2D eigenvalue weighted by molar-refractivity contribution is 7.19. The molecule has 11 aromatic rings. The lowest BCUT2D eigenvalue weighted by molar-refractivity contribution is 1.17. The average Bonchev–Trinajstić information content (AvgIpc) is 4.01. The van der Waals surface area contributed by atoms with Crippen LogP contribution in [0.15, 0.2) is 194 Å². The molecule has 56 heavy (non-hydrogen) atoms. The van der Waals surface area contributed by atoms with Crippen molar-refractivity contribution in [1.29, 1.82) is 0 Å². The second kappa shape index (κ2) is 12.3. The van der Waals surface area contributed by atoms with Gasteiger partial charge < -0.3 is 9.13 Å². The van der Waals surface area contributed by atoms with Crippen LogP contribution < -0.4 is 0 Å². The molecule has 3 heterocycles. The molecule has 2 nitrogen and oxygen atoms in total. The fraction of sp³-hybridized carbons (Fsp3) is 0.0189. The SMILES string of the molecule is c1ccc(-c2c(-c3ccc4c(c3)Cc3ccc(-n5c6ccccc6c6ccccc65)cc3-4)sc(-n3c4ccccc4c4ccccc43)c2-c2ccccc2)cc1. The quantitative estimate of drug-likeness (QED) is 0.167. The molecule has 0 unspecified atom stereocenters. The molecule has 3 aromatic heterocycles. The van der Waals surface area contributed by atoms with E-state index in [0.717, 1.165) is 6.42 Å². The van der Waals surface area contributed by atoms with Gasteiger partial charge in [0.25, 0.3) is 0 Å². The third-order valence-corrected chi connectivity index (χ3v) is 13.0. The van der Waals surface area contributed by atoms with E-state index in [-0.39, 0.29) is 0 Å². The molecule has 0 saturated heterocycles. The lowest BCUT2D eigenvalue weighted by atomic mass is 9.93. The molecule has 1 aliphatic carbocycles. The first-order valence-electron chi connectivity index (χ1n) is 19.3. The number of aromatic nitrogens is 2. The molecule has 0 saturated carbocycles. The molecule has 8 aromatic carbocycles. The highest BCUT2D eigenvalue weighted by Gasteiger charge is 2.27. The highest BCUT2D eigenvalue weighted by Crippen LogP contribution is 2.52. The molecule has 262 valence electrons. The van der Waals surface area contributed by atoms with Crippen molar-refractivity contribution in [3.63, 3.8) is 0 Å². The van der Waals surface area contributed by atoms with Crippen molar-refractivity contribution < 1.29 is 0 Å². The van der Waals surface area contributed by atoms with Crippen molar-refractivity contribution in [1.82, 2.24) is 9.13 Å². The Hall–Kier alpha value is -6.94. The van der Waals surface area contributed by atoms with Crippen molar-refractivity contribution >= 4 is 54.9 Å². The molecular formula is C53H34N2S. The van der Waals surface area contributed by atoms with Gasteiger partial charge in [-0.15, -0.1) is 11.3 Å². The molecule has 0 radical (unpaired) electrons. The summed E-state index contributed by atoms with van der Waals surface area (Å²) in [6.45, 7) is 0. The molecule has 0 spiro atoms. The van der Waals surface area contributed by atoms with E-state index < -0.39 is 0 Å². The second-order valence-electron chi connectivity index (χ2n) is 14.8. The smallest absolute Gasteiger partial charge is 0.109 e. The predicted octanol–water partition coefficient (Wildman–Crippen LogP) is 14.5. The van der Waals surface area contributed by atoms with Gasteiger partial charge in [0.05, 0.1) is 22.1 Å². The molecule has 1 aliphatic rings. The van der Waals surface area contributed by atoms with Gasteiger partial charge in [0.2, 0.25) is 0 Å². The summed E-state index contributed by atoms with van der Waals surface area (Å²) in [5.74, 6) is 0. The summed E-state index contributed by atoms with van der Waals surface area (Å²) in [6.07, 6.45) is 0.920. The number of benzene rings is 8. The first-order chi connectivity index (χ1) is 27.8. The fourth-order valence-corrected chi connectivity index (χ4v) is 10.7. The van der Waals surface area contributed by atoms with Crippen molar-refractivity contribution in [2.24, 2.45) is 0 Å². The Balaban J connectivity index is 1.07. The molecular weight excluding hydrogens is 697 g/mol. The summed E-state index contributed by atoms with van der Waals surface area (Å²) in [5, 5.41) is 6.35. The van der Waals surface area contributed by atoms with Crippen molar-refractivity contribution in [3.05, 3.63) is 205 Å². The molecule has 0 fully saturated rings. The molecule has 12 rings (SSSR count). The van der Waals surface area contributed by atoms with Gasteiger partial charge in [-0.05, 0) is 87.8 Å². The number of fused-ring (bicyclic) bond motifs is 9. The standard InChI is InChI=1S/C53H34N2S/c1-3-15-34(16-4-1)50-51(35-17-5-2-6-18-35)53(55-48-25-13-9-21-43(48)44-22-10-14-26-49(44)55)56-52(50)37-28-30-40-38(32-37)31-36-27-29-39(33-45(36)40)54-46-23-11-7-19-41(46)42-20-8-12-24-47(42)54/h1-30,32-33H,31H2. The van der Waals surface area contributed by atoms with Crippen molar-refractivity contribution in [3.8, 4) is 54.5 Å². The fourth-order valence-electron chi connectivity index (χ4n) is 9.33. The van der Waals surface area contributed by atoms with Crippen molar-refractivity contribution in [2.45, 2.75) is 6.42 Å². The minimum atomic E-state index is 0.920. The van der Waals surface area contributed by atoms with Crippen molar-refractivity contribution in [2.75, 3.05) is 0 Å². The van der Waals surface area contributed by atoms with Gasteiger partial charge in [-0.25, -0.2) is 0 Å². The van der Waals surface area contributed by atoms with Gasteiger partial charge in [-0.3, -0.25) is 0 Å². The number of para-hydroxylation sites is 4. The normalized spacial score (nSPS) is 12.2. The summed E-state index contributed by atoms with van der Waals surface area (Å²) in [7, 11) is 0. The van der Waals surface area contributed by atoms with Crippen LogP contribution in [0, 0.1) is 0 Å². The summed E-state index contributed by atoms with van der Waals surface area (Å²) in [5.41, 5.74) is 17.8. The lowest BCUT2D eigenvalue weighted by Gasteiger charge is -2.13. The van der Waals surface area contributed by atoms with E-state index in [9.17, 15) is 0 Å². The largest absolute Gasteiger partial charge is 0.309 e. The average molecular weight is 731 g/mol. The maximum absolute atomic E-state index is 2.51. The summed E-state index contributed by atoms with van der Waals surface area (Å²) < 4.78 is 4.93. The predicted molar refractivity (Wildman–Crippen MR) is 238 cm³/mol. The topological polar surface area (TPSA) is 9.86 Å². The molecule has 0 amide bonds. The van der Waals surface area contributed by atoms with E-state index in [1.807, 2.05) is 11.3 Å². The Bertz CT molecular complexity index is 3220. The number of rotatable bonds is 5. The monoisotopic (exact) mass is 730 g/mol. The van der Waals surface area contributed by atoms with Crippen LogP contribution >= 0.6 is 11.3 Å². The van der Waals surface area contributed by atoms with Crippen LogP contribution in [0.25, 0.3) is 98.1 Å². The minimum Gasteiger partial charge on any atom is -0.309 e. The lowest BCUT2D eigenvalue weighted by Crippen LogP contribution is -1.94. The molecule has 0 atom stereocenters. The first kappa shape index (κ1) is 31.4. The van der Waals surface area contributed by atoms with Gasteiger partial charge in [0, 0.05) is 43.2 Å². The summed E-state index contributed by atoms with van der Waals surface area (Å²) in [4.78, 5) is 1.29. The number of hydrogen-bond acceptors (Lipinski definition) is 1. The Kier molecular flexibility index (Phi) is 6.89. The Morgan fingerprint density at radius 2 is 0.857 bits per heavy atom. The third-order valence-electron chi connectivity index (χ3n) is 11.8. The number of nitrogens with zero attached hydrogens (tertiary/aromatic N) is 2. The van der Waals surface area contributed by atoms with E-state index >= 15 is 0 Å². The van der Waals surface area contributed by atoms with Gasteiger partial charge >= 0.3 is 0 Å². The van der Waals surface area contributed by atoms with Crippen LogP contribution in [0.3, 0.4) is 0 Å². The van der Waals surface area contributed by atoms with Crippen LogP contribution in [-0.4, -0.2) is 9.13 Å². The van der Waals surface area contributed by atoms with Gasteiger partial charge in [-0.1, -0.05) is 152 Å². The van der Waals surface area contributed by atoms with E-state index in [4.69, 9.17) is 0 Å². The van der Waals surface area contributed by atoms with Gasteiger partial charge in [0.15, 0.2) is 0 Å². The summed E-state index contributed by atoms with van der Waals surface area (Å²) in [6, 6.07) is 71.5. The van der Waals surface area contributed by atoms with E-state index in [0.29, 0.717) is 0 Å². The van der Waals surface area contributed by atoms with E-state index in [2.05, 4.69) is 203 Å². The second-order valence-corrected chi connectivity index (χ2v) is 15.8. The van der Waals surface area contributed by atoms with Crippen LogP contribution in [0.5, 0.6) is 0 Å². The Morgan fingerprint density at radius 3 is 1.43 bits per heavy atom. The zero-order chi connectivity index (χ0) is 36.7. The van der Waals surface area contributed by atoms with Crippen LogP contribution in [-0.2, 0) is 6.42 Å². The minimum absolute atomic E-state index is 0.920. The molecule has 0 N–H and O–H groups in total.